The fourth-order valence-corrected chi connectivity index (χ4v) is 1.45. The third-order valence-corrected chi connectivity index (χ3v) is 2.31. The molecule has 0 radical (unpaired) electrons. The average Bonchev–Trinajstić information content (AvgIpc) is 2.81. The van der Waals surface area contributed by atoms with Gasteiger partial charge in [0.15, 0.2) is 11.5 Å². The van der Waals surface area contributed by atoms with Crippen molar-refractivity contribution in [3.05, 3.63) is 48.3 Å². The van der Waals surface area contributed by atoms with Crippen LogP contribution >= 0.6 is 0 Å². The normalized spacial score (nSPS) is 10.1. The number of hydrogen-bond donors (Lipinski definition) is 2. The number of benzene rings is 1. The van der Waals surface area contributed by atoms with Crippen molar-refractivity contribution < 1.29 is 9.84 Å². The minimum atomic E-state index is 0.159. The van der Waals surface area contributed by atoms with Crippen LogP contribution < -0.4 is 10.2 Å². The minimum absolute atomic E-state index is 0.159. The van der Waals surface area contributed by atoms with Crippen molar-refractivity contribution in [2.24, 2.45) is 0 Å². The first-order valence-electron chi connectivity index (χ1n) is 5.02. The summed E-state index contributed by atoms with van der Waals surface area (Å²) in [5, 5.41) is 9.44. The Hall–Kier alpha value is -2.10. The van der Waals surface area contributed by atoms with Gasteiger partial charge in [-0.2, -0.15) is 0 Å². The summed E-state index contributed by atoms with van der Waals surface area (Å²) < 4.78 is 6.91. The molecule has 2 aromatic rings. The summed E-state index contributed by atoms with van der Waals surface area (Å²) in [7, 11) is 1.54. The molecular weight excluding hydrogens is 204 g/mol. The lowest BCUT2D eigenvalue weighted by atomic mass is 10.2. The van der Waals surface area contributed by atoms with Crippen molar-refractivity contribution in [2.45, 2.75) is 6.54 Å². The molecule has 1 aromatic heterocycles. The van der Waals surface area contributed by atoms with Gasteiger partial charge in [-0.15, -0.1) is 0 Å². The lowest BCUT2D eigenvalue weighted by Gasteiger charge is -2.09. The highest BCUT2D eigenvalue weighted by molar-refractivity contribution is 5.41. The molecule has 4 heteroatoms. The highest BCUT2D eigenvalue weighted by Crippen LogP contribution is 2.26. The summed E-state index contributed by atoms with van der Waals surface area (Å²) >= 11 is 0. The van der Waals surface area contributed by atoms with Gasteiger partial charge in [-0.1, -0.05) is 6.07 Å². The molecule has 16 heavy (non-hydrogen) atoms. The van der Waals surface area contributed by atoms with Crippen LogP contribution in [0.25, 0.3) is 0 Å². The van der Waals surface area contributed by atoms with E-state index >= 15 is 0 Å². The Morgan fingerprint density at radius 3 is 2.75 bits per heavy atom. The third kappa shape index (κ3) is 2.28. The van der Waals surface area contributed by atoms with Gasteiger partial charge in [0.05, 0.1) is 13.7 Å². The van der Waals surface area contributed by atoms with Crippen molar-refractivity contribution >= 4 is 0 Å². The van der Waals surface area contributed by atoms with E-state index in [1.165, 1.54) is 7.11 Å². The Kier molecular flexibility index (Phi) is 3.00. The predicted molar refractivity (Wildman–Crippen MR) is 62.2 cm³/mol. The second-order valence-corrected chi connectivity index (χ2v) is 3.43. The lowest BCUT2D eigenvalue weighted by molar-refractivity contribution is 0.373. The second-order valence-electron chi connectivity index (χ2n) is 3.43. The zero-order valence-electron chi connectivity index (χ0n) is 9.05. The van der Waals surface area contributed by atoms with E-state index in [0.717, 1.165) is 5.56 Å². The Balaban J connectivity index is 2.04. The summed E-state index contributed by atoms with van der Waals surface area (Å²) in [5.41, 5.74) is 4.24. The van der Waals surface area contributed by atoms with E-state index in [1.54, 1.807) is 6.07 Å². The molecule has 0 aliphatic heterocycles. The van der Waals surface area contributed by atoms with Crippen molar-refractivity contribution in [3.63, 3.8) is 0 Å². The molecule has 0 spiro atoms. The molecule has 1 heterocycles. The van der Waals surface area contributed by atoms with Gasteiger partial charge in [-0.25, -0.2) is 0 Å². The number of ether oxygens (including phenoxy) is 1. The quantitative estimate of drug-likeness (QED) is 0.824. The van der Waals surface area contributed by atoms with Gasteiger partial charge >= 0.3 is 0 Å². The first-order chi connectivity index (χ1) is 7.79. The number of phenols is 1. The first kappa shape index (κ1) is 10.4. The van der Waals surface area contributed by atoms with E-state index in [2.05, 4.69) is 5.43 Å². The standard InChI is InChI=1S/C12H14N2O2/c1-16-12-8-10(4-5-11(12)15)9-13-14-6-2-3-7-14/h2-8,13,15H,9H2,1H3. The number of aromatic hydroxyl groups is 1. The number of nitrogens with zero attached hydrogens (tertiary/aromatic N) is 1. The van der Waals surface area contributed by atoms with E-state index in [-0.39, 0.29) is 5.75 Å². The molecule has 0 unspecified atom stereocenters. The van der Waals surface area contributed by atoms with E-state index in [1.807, 2.05) is 41.3 Å². The van der Waals surface area contributed by atoms with E-state index in [0.29, 0.717) is 12.3 Å². The molecule has 0 bridgehead atoms. The second kappa shape index (κ2) is 4.61. The highest BCUT2D eigenvalue weighted by atomic mass is 16.5. The lowest BCUT2D eigenvalue weighted by Crippen LogP contribution is -2.11. The van der Waals surface area contributed by atoms with Crippen LogP contribution in [0.4, 0.5) is 0 Å². The smallest absolute Gasteiger partial charge is 0.160 e. The van der Waals surface area contributed by atoms with E-state index in [9.17, 15) is 5.11 Å². The maximum Gasteiger partial charge on any atom is 0.160 e. The molecule has 2 N–H and O–H groups in total. The summed E-state index contributed by atoms with van der Waals surface area (Å²) in [6.45, 7) is 0.672. The fraction of sp³-hybridized carbons (Fsp3) is 0.167. The van der Waals surface area contributed by atoms with Crippen molar-refractivity contribution in [2.75, 3.05) is 12.5 Å². The molecule has 4 nitrogen and oxygen atoms in total. The van der Waals surface area contributed by atoms with Gasteiger partial charge < -0.3 is 15.3 Å². The van der Waals surface area contributed by atoms with Gasteiger partial charge in [-0.05, 0) is 29.8 Å². The fourth-order valence-electron chi connectivity index (χ4n) is 1.45. The van der Waals surface area contributed by atoms with E-state index < -0.39 is 0 Å². The molecule has 1 aromatic carbocycles. The third-order valence-electron chi connectivity index (χ3n) is 2.31. The van der Waals surface area contributed by atoms with Crippen LogP contribution in [0.1, 0.15) is 5.56 Å². The summed E-state index contributed by atoms with van der Waals surface area (Å²) in [6.07, 6.45) is 3.86. The zero-order chi connectivity index (χ0) is 11.4. The zero-order valence-corrected chi connectivity index (χ0v) is 9.05. The van der Waals surface area contributed by atoms with Crippen LogP contribution in [-0.2, 0) is 6.54 Å². The number of nitrogens with one attached hydrogen (secondary N) is 1. The number of methoxy groups -OCH3 is 1. The molecule has 0 fully saturated rings. The van der Waals surface area contributed by atoms with Gasteiger partial charge in [-0.3, -0.25) is 4.68 Å². The maximum atomic E-state index is 9.44. The number of phenolic OH excluding ortho intramolecular Hbond substituents is 1. The summed E-state index contributed by atoms with van der Waals surface area (Å²) in [4.78, 5) is 0. The SMILES string of the molecule is COc1cc(CNn2cccc2)ccc1O. The molecule has 0 aliphatic rings. The van der Waals surface area contributed by atoms with Crippen molar-refractivity contribution in [1.82, 2.24) is 4.68 Å². The Labute approximate surface area is 94.1 Å². The average molecular weight is 218 g/mol. The molecule has 84 valence electrons. The highest BCUT2D eigenvalue weighted by Gasteiger charge is 2.01. The van der Waals surface area contributed by atoms with E-state index in [4.69, 9.17) is 4.74 Å². The molecule has 0 atom stereocenters. The topological polar surface area (TPSA) is 46.4 Å². The molecule has 0 saturated carbocycles. The summed E-state index contributed by atoms with van der Waals surface area (Å²) in [6, 6.07) is 9.19. The number of rotatable bonds is 4. The Morgan fingerprint density at radius 1 is 1.31 bits per heavy atom. The maximum absolute atomic E-state index is 9.44. The van der Waals surface area contributed by atoms with Crippen LogP contribution in [0.15, 0.2) is 42.7 Å². The Morgan fingerprint density at radius 2 is 2.06 bits per heavy atom. The van der Waals surface area contributed by atoms with Gasteiger partial charge in [0.25, 0.3) is 0 Å². The van der Waals surface area contributed by atoms with Crippen LogP contribution in [0.3, 0.4) is 0 Å². The molecular formula is C12H14N2O2. The predicted octanol–water partition coefficient (Wildman–Crippen LogP) is 1.95. The Bertz CT molecular complexity index is 452. The van der Waals surface area contributed by atoms with Gasteiger partial charge in [0.1, 0.15) is 0 Å². The monoisotopic (exact) mass is 218 g/mol. The molecule has 0 saturated heterocycles. The van der Waals surface area contributed by atoms with Crippen molar-refractivity contribution in [3.8, 4) is 11.5 Å². The van der Waals surface area contributed by atoms with Crippen molar-refractivity contribution in [1.29, 1.82) is 0 Å². The van der Waals surface area contributed by atoms with Gasteiger partial charge in [0, 0.05) is 12.4 Å². The number of hydrogen-bond acceptors (Lipinski definition) is 3. The van der Waals surface area contributed by atoms with Crippen LogP contribution in [0.2, 0.25) is 0 Å². The molecule has 0 aliphatic carbocycles. The molecule has 0 amide bonds. The van der Waals surface area contributed by atoms with Gasteiger partial charge in [0.2, 0.25) is 0 Å². The largest absolute Gasteiger partial charge is 0.504 e. The molecule has 2 rings (SSSR count). The van der Waals surface area contributed by atoms with Crippen LogP contribution in [-0.4, -0.2) is 16.9 Å². The first-order valence-corrected chi connectivity index (χ1v) is 5.02. The van der Waals surface area contributed by atoms with Crippen LogP contribution in [0.5, 0.6) is 11.5 Å². The summed E-state index contributed by atoms with van der Waals surface area (Å²) in [5.74, 6) is 0.652. The minimum Gasteiger partial charge on any atom is -0.504 e. The number of aromatic nitrogens is 1. The van der Waals surface area contributed by atoms with Crippen LogP contribution in [0, 0.1) is 0 Å².